The minimum atomic E-state index is 0.193. The molecule has 3 heteroatoms. The summed E-state index contributed by atoms with van der Waals surface area (Å²) in [5.74, 6) is 1.86. The molecule has 0 aromatic heterocycles. The second kappa shape index (κ2) is 7.17. The van der Waals surface area contributed by atoms with Crippen molar-refractivity contribution in [3.05, 3.63) is 23.8 Å². The fraction of sp³-hybridized carbons (Fsp3) is 0.667. The van der Waals surface area contributed by atoms with Gasteiger partial charge in [-0.05, 0) is 44.2 Å². The quantitative estimate of drug-likeness (QED) is 0.862. The Bertz CT molecular complexity index is 451. The van der Waals surface area contributed by atoms with Crippen LogP contribution in [0, 0.1) is 11.8 Å². The molecule has 0 saturated carbocycles. The van der Waals surface area contributed by atoms with E-state index in [1.165, 1.54) is 6.42 Å². The predicted octanol–water partition coefficient (Wildman–Crippen LogP) is 3.94. The van der Waals surface area contributed by atoms with Crippen LogP contribution >= 0.6 is 0 Å². The number of phenols is 1. The molecule has 0 bridgehead atoms. The Morgan fingerprint density at radius 2 is 1.95 bits per heavy atom. The van der Waals surface area contributed by atoms with E-state index in [2.05, 4.69) is 50.0 Å². The molecule has 0 spiro atoms. The summed E-state index contributed by atoms with van der Waals surface area (Å²) in [5, 5.41) is 13.8. The molecule has 2 N–H and O–H groups in total. The van der Waals surface area contributed by atoms with E-state index in [0.717, 1.165) is 49.1 Å². The van der Waals surface area contributed by atoms with Crippen LogP contribution in [0.3, 0.4) is 0 Å². The van der Waals surface area contributed by atoms with Gasteiger partial charge in [0.25, 0.3) is 0 Å². The van der Waals surface area contributed by atoms with Crippen LogP contribution in [0.5, 0.6) is 5.75 Å². The van der Waals surface area contributed by atoms with Crippen molar-refractivity contribution in [2.45, 2.75) is 46.6 Å². The van der Waals surface area contributed by atoms with E-state index in [4.69, 9.17) is 0 Å². The van der Waals surface area contributed by atoms with Gasteiger partial charge < -0.3 is 15.3 Å². The highest BCUT2D eigenvalue weighted by Gasteiger charge is 2.22. The van der Waals surface area contributed by atoms with Crippen LogP contribution in [0.1, 0.15) is 52.1 Å². The maximum Gasteiger partial charge on any atom is 0.122 e. The number of hydrogen-bond acceptors (Lipinski definition) is 3. The zero-order valence-corrected chi connectivity index (χ0v) is 13.9. The molecule has 21 heavy (non-hydrogen) atoms. The summed E-state index contributed by atoms with van der Waals surface area (Å²) < 4.78 is 0. The summed E-state index contributed by atoms with van der Waals surface area (Å²) in [4.78, 5) is 2.41. The number of nitrogens with zero attached hydrogens (tertiary/aromatic N) is 1. The van der Waals surface area contributed by atoms with Gasteiger partial charge in [-0.25, -0.2) is 0 Å². The van der Waals surface area contributed by atoms with Crippen LogP contribution in [0.15, 0.2) is 18.2 Å². The molecule has 2 rings (SSSR count). The Labute approximate surface area is 129 Å². The number of rotatable bonds is 5. The second-order valence-electron chi connectivity index (χ2n) is 6.77. The molecule has 1 heterocycles. The number of nitrogens with one attached hydrogen (secondary N) is 1. The largest absolute Gasteiger partial charge is 0.508 e. The number of piperidine rings is 1. The minimum absolute atomic E-state index is 0.193. The fourth-order valence-corrected chi connectivity index (χ4v) is 3.44. The van der Waals surface area contributed by atoms with Crippen molar-refractivity contribution < 1.29 is 5.11 Å². The fourth-order valence-electron chi connectivity index (χ4n) is 3.44. The van der Waals surface area contributed by atoms with Gasteiger partial charge in [0.15, 0.2) is 0 Å². The molecule has 3 atom stereocenters. The van der Waals surface area contributed by atoms with Crippen molar-refractivity contribution in [1.82, 2.24) is 5.32 Å². The lowest BCUT2D eigenvalue weighted by Gasteiger charge is -2.36. The molecule has 1 saturated heterocycles. The van der Waals surface area contributed by atoms with Crippen LogP contribution in [0.2, 0.25) is 0 Å². The number of benzene rings is 1. The SMILES string of the molecule is CCCNC(C)c1ccc(N2CC(C)CC(C)C2)cc1O. The van der Waals surface area contributed by atoms with Crippen LogP contribution in [-0.2, 0) is 0 Å². The minimum Gasteiger partial charge on any atom is -0.508 e. The lowest BCUT2D eigenvalue weighted by molar-refractivity contribution is 0.356. The molecule has 0 amide bonds. The first-order chi connectivity index (χ1) is 10.0. The molecule has 0 aliphatic carbocycles. The third-order valence-electron chi connectivity index (χ3n) is 4.42. The molecule has 1 fully saturated rings. The summed E-state index contributed by atoms with van der Waals surface area (Å²) >= 11 is 0. The highest BCUT2D eigenvalue weighted by molar-refractivity contribution is 5.54. The van der Waals surface area contributed by atoms with Crippen molar-refractivity contribution >= 4 is 5.69 Å². The van der Waals surface area contributed by atoms with Gasteiger partial charge >= 0.3 is 0 Å². The predicted molar refractivity (Wildman–Crippen MR) is 90.0 cm³/mol. The zero-order chi connectivity index (χ0) is 15.4. The van der Waals surface area contributed by atoms with Gasteiger partial charge in [0.1, 0.15) is 5.75 Å². The molecule has 1 aromatic rings. The van der Waals surface area contributed by atoms with Gasteiger partial charge in [0.05, 0.1) is 0 Å². The summed E-state index contributed by atoms with van der Waals surface area (Å²) in [6.07, 6.45) is 2.41. The van der Waals surface area contributed by atoms with Crippen molar-refractivity contribution in [2.24, 2.45) is 11.8 Å². The molecular formula is C18H30N2O. The average Bonchev–Trinajstić information content (AvgIpc) is 2.43. The summed E-state index contributed by atoms with van der Waals surface area (Å²) in [6, 6.07) is 6.36. The molecular weight excluding hydrogens is 260 g/mol. The lowest BCUT2D eigenvalue weighted by Crippen LogP contribution is -2.38. The van der Waals surface area contributed by atoms with Gasteiger partial charge in [-0.15, -0.1) is 0 Å². The first kappa shape index (κ1) is 16.2. The van der Waals surface area contributed by atoms with E-state index >= 15 is 0 Å². The summed E-state index contributed by atoms with van der Waals surface area (Å²) in [7, 11) is 0. The number of anilines is 1. The smallest absolute Gasteiger partial charge is 0.122 e. The van der Waals surface area contributed by atoms with Gasteiger partial charge in [-0.1, -0.05) is 26.8 Å². The summed E-state index contributed by atoms with van der Waals surface area (Å²) in [6.45, 7) is 12.0. The standard InChI is InChI=1S/C18H30N2O/c1-5-8-19-15(4)17-7-6-16(10-18(17)21)20-11-13(2)9-14(3)12-20/h6-7,10,13-15,19,21H,5,8-9,11-12H2,1-4H3. The normalized spacial score (nSPS) is 24.1. The number of hydrogen-bond donors (Lipinski definition) is 2. The molecule has 1 aliphatic rings. The molecule has 118 valence electrons. The lowest BCUT2D eigenvalue weighted by atomic mass is 9.91. The van der Waals surface area contributed by atoms with E-state index in [-0.39, 0.29) is 6.04 Å². The average molecular weight is 290 g/mol. The third-order valence-corrected chi connectivity index (χ3v) is 4.42. The molecule has 0 radical (unpaired) electrons. The Kier molecular flexibility index (Phi) is 5.51. The van der Waals surface area contributed by atoms with Crippen molar-refractivity contribution in [2.75, 3.05) is 24.5 Å². The van der Waals surface area contributed by atoms with Gasteiger partial charge in [-0.3, -0.25) is 0 Å². The molecule has 3 unspecified atom stereocenters. The van der Waals surface area contributed by atoms with Crippen LogP contribution in [0.25, 0.3) is 0 Å². The Hall–Kier alpha value is -1.22. The van der Waals surface area contributed by atoms with Crippen LogP contribution in [-0.4, -0.2) is 24.7 Å². The second-order valence-corrected chi connectivity index (χ2v) is 6.77. The third kappa shape index (κ3) is 4.13. The monoisotopic (exact) mass is 290 g/mol. The van der Waals surface area contributed by atoms with Crippen molar-refractivity contribution in [3.63, 3.8) is 0 Å². The van der Waals surface area contributed by atoms with Gasteiger partial charge in [0, 0.05) is 36.4 Å². The zero-order valence-electron chi connectivity index (χ0n) is 13.9. The number of phenolic OH excluding ortho intramolecular Hbond substituents is 1. The van der Waals surface area contributed by atoms with Crippen LogP contribution < -0.4 is 10.2 Å². The van der Waals surface area contributed by atoms with E-state index < -0.39 is 0 Å². The Morgan fingerprint density at radius 1 is 1.29 bits per heavy atom. The van der Waals surface area contributed by atoms with Crippen molar-refractivity contribution in [3.8, 4) is 5.75 Å². The van der Waals surface area contributed by atoms with E-state index in [1.54, 1.807) is 0 Å². The van der Waals surface area contributed by atoms with Gasteiger partial charge in [0.2, 0.25) is 0 Å². The van der Waals surface area contributed by atoms with Gasteiger partial charge in [-0.2, -0.15) is 0 Å². The van der Waals surface area contributed by atoms with E-state index in [9.17, 15) is 5.11 Å². The first-order valence-corrected chi connectivity index (χ1v) is 8.32. The van der Waals surface area contributed by atoms with Crippen molar-refractivity contribution in [1.29, 1.82) is 0 Å². The highest BCUT2D eigenvalue weighted by atomic mass is 16.3. The van der Waals surface area contributed by atoms with Crippen LogP contribution in [0.4, 0.5) is 5.69 Å². The Balaban J connectivity index is 2.11. The molecule has 1 aromatic carbocycles. The maximum atomic E-state index is 10.4. The first-order valence-electron chi connectivity index (χ1n) is 8.32. The number of aromatic hydroxyl groups is 1. The molecule has 3 nitrogen and oxygen atoms in total. The topological polar surface area (TPSA) is 35.5 Å². The Morgan fingerprint density at radius 3 is 2.52 bits per heavy atom. The van der Waals surface area contributed by atoms with E-state index in [1.807, 2.05) is 6.07 Å². The highest BCUT2D eigenvalue weighted by Crippen LogP contribution is 2.32. The molecule has 1 aliphatic heterocycles. The van der Waals surface area contributed by atoms with E-state index in [0.29, 0.717) is 5.75 Å². The summed E-state index contributed by atoms with van der Waals surface area (Å²) in [5.41, 5.74) is 2.14. The maximum absolute atomic E-state index is 10.4.